The van der Waals surface area contributed by atoms with E-state index in [1.807, 2.05) is 98.5 Å². The van der Waals surface area contributed by atoms with Gasteiger partial charge < -0.3 is 15.0 Å². The smallest absolute Gasteiger partial charge is 0.238 e. The average Bonchev–Trinajstić information content (AvgIpc) is 3.40. The van der Waals surface area contributed by atoms with Gasteiger partial charge in [0.15, 0.2) is 11.6 Å². The van der Waals surface area contributed by atoms with Crippen LogP contribution in [0, 0.1) is 11.3 Å². The van der Waals surface area contributed by atoms with Crippen molar-refractivity contribution in [3.63, 3.8) is 0 Å². The van der Waals surface area contributed by atoms with Crippen LogP contribution < -0.4 is 15.0 Å². The van der Waals surface area contributed by atoms with E-state index in [1.165, 1.54) is 0 Å². The van der Waals surface area contributed by atoms with Crippen LogP contribution in [0.25, 0.3) is 6.08 Å². The van der Waals surface area contributed by atoms with Gasteiger partial charge in [-0.3, -0.25) is 14.4 Å². The molecule has 38 heavy (non-hydrogen) atoms. The number of hydrogen-bond donors (Lipinski definition) is 1. The highest BCUT2D eigenvalue weighted by molar-refractivity contribution is 6.17. The Labute approximate surface area is 222 Å². The topological polar surface area (TPSA) is 75.7 Å². The Morgan fingerprint density at radius 3 is 2.39 bits per heavy atom. The Morgan fingerprint density at radius 1 is 0.974 bits per heavy atom. The third-order valence-electron chi connectivity index (χ3n) is 8.19. The normalized spacial score (nSPS) is 25.0. The van der Waals surface area contributed by atoms with Crippen LogP contribution in [-0.2, 0) is 15.0 Å². The van der Waals surface area contributed by atoms with Crippen LogP contribution in [0.1, 0.15) is 42.3 Å². The fourth-order valence-electron chi connectivity index (χ4n) is 6.51. The minimum atomic E-state index is -1.29. The lowest BCUT2D eigenvalue weighted by atomic mass is 9.63. The van der Waals surface area contributed by atoms with Crippen LogP contribution in [0.3, 0.4) is 0 Å². The SMILES string of the molecule is COc1ccc2c(c1)C=C[C@@H]1N2[C@H](C(=O)C(C)(C)C)[C@H](C(=O)c2ccccc2)[C@]12C(=O)Nc1ccccc12. The predicted octanol–water partition coefficient (Wildman–Crippen LogP) is 5.28. The summed E-state index contributed by atoms with van der Waals surface area (Å²) in [6.45, 7) is 5.62. The summed E-state index contributed by atoms with van der Waals surface area (Å²) in [5.74, 6) is -0.794. The number of nitrogens with one attached hydrogen (secondary N) is 1. The van der Waals surface area contributed by atoms with E-state index in [-0.39, 0.29) is 17.5 Å². The molecule has 3 aliphatic rings. The summed E-state index contributed by atoms with van der Waals surface area (Å²) < 4.78 is 5.46. The predicted molar refractivity (Wildman–Crippen MR) is 148 cm³/mol. The van der Waals surface area contributed by atoms with Crippen LogP contribution in [0.4, 0.5) is 11.4 Å². The number of carbonyl (C=O) groups is 3. The van der Waals surface area contributed by atoms with E-state index < -0.39 is 28.8 Å². The standard InChI is InChI=1S/C32H30N2O4/c1-31(2,3)29(36)27-26(28(35)19-10-6-5-7-11-19)32(22-12-8-9-13-23(22)33-30(32)37)25-17-14-20-18-21(38-4)15-16-24(20)34(25)27/h5-18,25-27H,1-4H3,(H,33,37)/t25-,26+,27-,32+/m0/s1. The first-order valence-corrected chi connectivity index (χ1v) is 12.9. The van der Waals surface area contributed by atoms with Crippen LogP contribution in [0.5, 0.6) is 5.75 Å². The van der Waals surface area contributed by atoms with Crippen molar-refractivity contribution in [2.24, 2.45) is 11.3 Å². The maximum Gasteiger partial charge on any atom is 0.238 e. The second-order valence-corrected chi connectivity index (χ2v) is 11.3. The third-order valence-corrected chi connectivity index (χ3v) is 8.19. The summed E-state index contributed by atoms with van der Waals surface area (Å²) in [4.78, 5) is 45.2. The van der Waals surface area contributed by atoms with Crippen molar-refractivity contribution >= 4 is 34.9 Å². The van der Waals surface area contributed by atoms with Gasteiger partial charge in [0.1, 0.15) is 17.2 Å². The molecule has 3 heterocycles. The fourth-order valence-corrected chi connectivity index (χ4v) is 6.51. The lowest BCUT2D eigenvalue weighted by Crippen LogP contribution is -2.51. The number of fused-ring (bicyclic) bond motifs is 6. The number of hydrogen-bond acceptors (Lipinski definition) is 5. The van der Waals surface area contributed by atoms with E-state index in [4.69, 9.17) is 4.74 Å². The second kappa shape index (κ2) is 8.42. The zero-order chi connectivity index (χ0) is 26.8. The monoisotopic (exact) mass is 506 g/mol. The molecule has 0 bridgehead atoms. The Morgan fingerprint density at radius 2 is 1.68 bits per heavy atom. The van der Waals surface area contributed by atoms with Gasteiger partial charge in [-0.15, -0.1) is 0 Å². The zero-order valence-electron chi connectivity index (χ0n) is 21.9. The molecule has 6 rings (SSSR count). The minimum absolute atomic E-state index is 0.0806. The van der Waals surface area contributed by atoms with Crippen molar-refractivity contribution in [3.8, 4) is 5.75 Å². The van der Waals surface area contributed by atoms with Gasteiger partial charge in [-0.25, -0.2) is 0 Å². The van der Waals surface area contributed by atoms with Gasteiger partial charge in [0.25, 0.3) is 0 Å². The number of ether oxygens (including phenoxy) is 1. The molecule has 0 aliphatic carbocycles. The molecule has 0 unspecified atom stereocenters. The quantitative estimate of drug-likeness (QED) is 0.487. The lowest BCUT2D eigenvalue weighted by Gasteiger charge is -2.38. The molecule has 1 N–H and O–H groups in total. The second-order valence-electron chi connectivity index (χ2n) is 11.3. The molecule has 1 saturated heterocycles. The number of methoxy groups -OCH3 is 1. The number of para-hydroxylation sites is 1. The van der Waals surface area contributed by atoms with Crippen LogP contribution in [0.2, 0.25) is 0 Å². The molecule has 0 radical (unpaired) electrons. The van der Waals surface area contributed by atoms with Crippen LogP contribution in [0.15, 0.2) is 78.9 Å². The largest absolute Gasteiger partial charge is 0.497 e. The highest BCUT2D eigenvalue weighted by Gasteiger charge is 2.70. The summed E-state index contributed by atoms with van der Waals surface area (Å²) in [6.07, 6.45) is 3.95. The van der Waals surface area contributed by atoms with E-state index in [1.54, 1.807) is 19.2 Å². The number of nitrogens with zero attached hydrogens (tertiary/aromatic N) is 1. The Balaban J connectivity index is 1.68. The summed E-state index contributed by atoms with van der Waals surface area (Å²) >= 11 is 0. The average molecular weight is 507 g/mol. The zero-order valence-corrected chi connectivity index (χ0v) is 21.9. The lowest BCUT2D eigenvalue weighted by molar-refractivity contribution is -0.128. The van der Waals surface area contributed by atoms with Gasteiger partial charge in [0.2, 0.25) is 5.91 Å². The van der Waals surface area contributed by atoms with E-state index in [0.717, 1.165) is 16.8 Å². The number of amides is 1. The first-order chi connectivity index (χ1) is 18.2. The number of rotatable bonds is 4. The number of benzene rings is 3. The summed E-state index contributed by atoms with van der Waals surface area (Å²) in [7, 11) is 1.61. The molecule has 6 heteroatoms. The Kier molecular flexibility index (Phi) is 5.35. The Bertz CT molecular complexity index is 1500. The summed E-state index contributed by atoms with van der Waals surface area (Å²) in [5.41, 5.74) is 1.56. The maximum absolute atomic E-state index is 14.6. The van der Waals surface area contributed by atoms with E-state index in [2.05, 4.69) is 5.32 Å². The molecule has 6 nitrogen and oxygen atoms in total. The highest BCUT2D eigenvalue weighted by atomic mass is 16.5. The third kappa shape index (κ3) is 3.22. The van der Waals surface area contributed by atoms with Crippen molar-refractivity contribution in [1.82, 2.24) is 0 Å². The molecule has 0 aromatic heterocycles. The van der Waals surface area contributed by atoms with Gasteiger partial charge in [-0.2, -0.15) is 0 Å². The van der Waals surface area contributed by atoms with Crippen molar-refractivity contribution < 1.29 is 19.1 Å². The molecule has 1 spiro atoms. The van der Waals surface area contributed by atoms with Crippen LogP contribution in [-0.4, -0.2) is 36.7 Å². The number of ketones is 2. The maximum atomic E-state index is 14.6. The molecule has 0 saturated carbocycles. The molecule has 3 aromatic carbocycles. The molecule has 3 aliphatic heterocycles. The molecule has 1 amide bonds. The molecule has 3 aromatic rings. The highest BCUT2D eigenvalue weighted by Crippen LogP contribution is 2.58. The number of Topliss-reactive ketones (excluding diaryl/α,β-unsaturated/α-hetero) is 2. The van der Waals surface area contributed by atoms with Gasteiger partial charge >= 0.3 is 0 Å². The molecule has 192 valence electrons. The van der Waals surface area contributed by atoms with Crippen LogP contribution >= 0.6 is 0 Å². The number of carbonyl (C=O) groups excluding carboxylic acids is 3. The van der Waals surface area contributed by atoms with Gasteiger partial charge in [-0.05, 0) is 29.8 Å². The molecular weight excluding hydrogens is 476 g/mol. The Hall–Kier alpha value is -4.19. The number of anilines is 2. The van der Waals surface area contributed by atoms with Crippen molar-refractivity contribution in [3.05, 3.63) is 95.6 Å². The van der Waals surface area contributed by atoms with E-state index in [0.29, 0.717) is 17.0 Å². The van der Waals surface area contributed by atoms with Crippen molar-refractivity contribution in [2.45, 2.75) is 38.3 Å². The van der Waals surface area contributed by atoms with Crippen molar-refractivity contribution in [2.75, 3.05) is 17.3 Å². The van der Waals surface area contributed by atoms with Gasteiger partial charge in [-0.1, -0.05) is 81.5 Å². The van der Waals surface area contributed by atoms with Gasteiger partial charge in [0, 0.05) is 27.9 Å². The molecule has 1 fully saturated rings. The van der Waals surface area contributed by atoms with Gasteiger partial charge in [0.05, 0.1) is 19.1 Å². The first kappa shape index (κ1) is 24.2. The van der Waals surface area contributed by atoms with Crippen molar-refractivity contribution in [1.29, 1.82) is 0 Å². The molecule has 4 atom stereocenters. The van der Waals surface area contributed by atoms with E-state index >= 15 is 0 Å². The summed E-state index contributed by atoms with van der Waals surface area (Å²) in [5, 5.41) is 3.06. The molecular formula is C32H30N2O4. The summed E-state index contributed by atoms with van der Waals surface area (Å²) in [6, 6.07) is 20.8. The minimum Gasteiger partial charge on any atom is -0.497 e. The van der Waals surface area contributed by atoms with E-state index in [9.17, 15) is 14.4 Å². The fraction of sp³-hybridized carbons (Fsp3) is 0.281. The first-order valence-electron chi connectivity index (χ1n) is 12.9.